The van der Waals surface area contributed by atoms with Crippen molar-refractivity contribution >= 4 is 11.7 Å². The number of Topliss-reactive ketones (excluding diaryl/α,β-unsaturated/α-hetero) is 1. The molecule has 1 aromatic carbocycles. The summed E-state index contributed by atoms with van der Waals surface area (Å²) in [5.74, 6) is -1.77. The molecule has 0 bridgehead atoms. The summed E-state index contributed by atoms with van der Waals surface area (Å²) in [4.78, 5) is 30.9. The largest absolute Gasteiger partial charge is 0.342 e. The minimum Gasteiger partial charge on any atom is -0.342 e. The number of hydrogen-bond acceptors (Lipinski definition) is 3. The van der Waals surface area contributed by atoms with Gasteiger partial charge in [-0.05, 0) is 37.0 Å². The molecule has 1 aliphatic rings. The fraction of sp³-hybridized carbons (Fsp3) is 0.421. The van der Waals surface area contributed by atoms with Gasteiger partial charge < -0.3 is 9.47 Å². The summed E-state index contributed by atoms with van der Waals surface area (Å²) in [5, 5.41) is 0. The Hall–Kier alpha value is -2.57. The first-order valence-electron chi connectivity index (χ1n) is 8.69. The molecule has 1 aromatic heterocycles. The van der Waals surface area contributed by atoms with Gasteiger partial charge in [0.15, 0.2) is 17.5 Å². The highest BCUT2D eigenvalue weighted by molar-refractivity contribution is 5.95. The van der Waals surface area contributed by atoms with Gasteiger partial charge in [0.25, 0.3) is 0 Å². The number of ketones is 1. The van der Waals surface area contributed by atoms with E-state index in [9.17, 15) is 18.4 Å². The van der Waals surface area contributed by atoms with Gasteiger partial charge in [0.05, 0.1) is 0 Å². The summed E-state index contributed by atoms with van der Waals surface area (Å²) in [7, 11) is 1.77. The van der Waals surface area contributed by atoms with Crippen molar-refractivity contribution in [1.29, 1.82) is 0 Å². The molecule has 0 saturated carbocycles. The van der Waals surface area contributed by atoms with Crippen molar-refractivity contribution in [3.63, 3.8) is 0 Å². The maximum Gasteiger partial charge on any atom is 0.222 e. The topological polar surface area (TPSA) is 55.2 Å². The number of imidazole rings is 1. The maximum absolute atomic E-state index is 13.2. The number of piperidine rings is 1. The van der Waals surface area contributed by atoms with E-state index >= 15 is 0 Å². The smallest absolute Gasteiger partial charge is 0.222 e. The highest BCUT2D eigenvalue weighted by atomic mass is 19.2. The average molecular weight is 361 g/mol. The molecule has 2 heterocycles. The van der Waals surface area contributed by atoms with E-state index in [0.717, 1.165) is 25.0 Å². The van der Waals surface area contributed by atoms with Crippen LogP contribution >= 0.6 is 0 Å². The van der Waals surface area contributed by atoms with Gasteiger partial charge in [-0.1, -0.05) is 6.07 Å². The van der Waals surface area contributed by atoms with Gasteiger partial charge in [0.1, 0.15) is 0 Å². The summed E-state index contributed by atoms with van der Waals surface area (Å²) in [6.07, 6.45) is 5.34. The lowest BCUT2D eigenvalue weighted by Gasteiger charge is -2.32. The molecule has 1 fully saturated rings. The number of nitrogens with zero attached hydrogens (tertiary/aromatic N) is 3. The predicted molar refractivity (Wildman–Crippen MR) is 91.5 cm³/mol. The van der Waals surface area contributed by atoms with Crippen molar-refractivity contribution < 1.29 is 18.4 Å². The molecule has 0 spiro atoms. The van der Waals surface area contributed by atoms with E-state index in [0.29, 0.717) is 30.9 Å². The number of carbonyl (C=O) groups is 2. The van der Waals surface area contributed by atoms with Crippen LogP contribution in [0.4, 0.5) is 8.78 Å². The lowest BCUT2D eigenvalue weighted by Crippen LogP contribution is -2.42. The SMILES string of the molecule is Cn1ccnc1C(=O)[C@H]1CCCN(C(=O)CCc2ccc(F)c(F)c2)C1. The van der Waals surface area contributed by atoms with Crippen LogP contribution in [0.5, 0.6) is 0 Å². The second-order valence-corrected chi connectivity index (χ2v) is 6.65. The number of carbonyl (C=O) groups excluding carboxylic acids is 2. The second kappa shape index (κ2) is 7.76. The standard InChI is InChI=1S/C19H21F2N3O2/c1-23-10-8-22-19(23)18(26)14-3-2-9-24(12-14)17(25)7-5-13-4-6-15(20)16(21)11-13/h4,6,8,10-11,14H,2-3,5,7,9,12H2,1H3/t14-/m0/s1. The molecule has 7 heteroatoms. The quantitative estimate of drug-likeness (QED) is 0.770. The zero-order valence-corrected chi connectivity index (χ0v) is 14.6. The number of aromatic nitrogens is 2. The van der Waals surface area contributed by atoms with Crippen LogP contribution in [-0.4, -0.2) is 39.2 Å². The third kappa shape index (κ3) is 3.98. The Morgan fingerprint density at radius 3 is 2.77 bits per heavy atom. The highest BCUT2D eigenvalue weighted by Gasteiger charge is 2.30. The molecular formula is C19H21F2N3O2. The van der Waals surface area contributed by atoms with Crippen LogP contribution in [0.15, 0.2) is 30.6 Å². The summed E-state index contributed by atoms with van der Waals surface area (Å²) in [5.41, 5.74) is 0.579. The van der Waals surface area contributed by atoms with Crippen LogP contribution < -0.4 is 0 Å². The first-order valence-corrected chi connectivity index (χ1v) is 8.69. The Kier molecular flexibility index (Phi) is 5.44. The van der Waals surface area contributed by atoms with E-state index in [1.165, 1.54) is 6.07 Å². The molecule has 3 rings (SSSR count). The van der Waals surface area contributed by atoms with E-state index < -0.39 is 11.6 Å². The monoisotopic (exact) mass is 361 g/mol. The van der Waals surface area contributed by atoms with Gasteiger partial charge in [-0.15, -0.1) is 0 Å². The summed E-state index contributed by atoms with van der Waals surface area (Å²) in [6, 6.07) is 3.67. The van der Waals surface area contributed by atoms with E-state index in [-0.39, 0.29) is 24.0 Å². The number of benzene rings is 1. The van der Waals surface area contributed by atoms with E-state index in [4.69, 9.17) is 0 Å². The molecule has 138 valence electrons. The second-order valence-electron chi connectivity index (χ2n) is 6.65. The van der Waals surface area contributed by atoms with Gasteiger partial charge in [-0.25, -0.2) is 13.8 Å². The van der Waals surface area contributed by atoms with Crippen molar-refractivity contribution in [2.45, 2.75) is 25.7 Å². The molecule has 1 amide bonds. The summed E-state index contributed by atoms with van der Waals surface area (Å²) < 4.78 is 27.9. The van der Waals surface area contributed by atoms with Gasteiger partial charge in [0.2, 0.25) is 11.7 Å². The summed E-state index contributed by atoms with van der Waals surface area (Å²) >= 11 is 0. The van der Waals surface area contributed by atoms with Crippen molar-refractivity contribution in [3.8, 4) is 0 Å². The Labute approximate surface area is 150 Å². The zero-order valence-electron chi connectivity index (χ0n) is 14.6. The van der Waals surface area contributed by atoms with Crippen LogP contribution in [0.2, 0.25) is 0 Å². The third-order valence-electron chi connectivity index (χ3n) is 4.80. The van der Waals surface area contributed by atoms with Gasteiger partial charge in [-0.3, -0.25) is 9.59 Å². The molecule has 5 nitrogen and oxygen atoms in total. The molecule has 0 unspecified atom stereocenters. The van der Waals surface area contributed by atoms with Gasteiger partial charge in [-0.2, -0.15) is 0 Å². The van der Waals surface area contributed by atoms with Crippen molar-refractivity contribution in [2.75, 3.05) is 13.1 Å². The lowest BCUT2D eigenvalue weighted by molar-refractivity contribution is -0.132. The molecule has 0 aliphatic carbocycles. The molecule has 26 heavy (non-hydrogen) atoms. The number of likely N-dealkylation sites (tertiary alicyclic amines) is 1. The van der Waals surface area contributed by atoms with E-state index in [1.54, 1.807) is 28.9 Å². The number of aryl methyl sites for hydroxylation is 2. The predicted octanol–water partition coefficient (Wildman–Crippen LogP) is 2.75. The highest BCUT2D eigenvalue weighted by Crippen LogP contribution is 2.21. The number of halogens is 2. The van der Waals surface area contributed by atoms with Crippen LogP contribution in [0, 0.1) is 17.6 Å². The minimum absolute atomic E-state index is 0.0457. The number of rotatable bonds is 5. The fourth-order valence-electron chi connectivity index (χ4n) is 3.31. The maximum atomic E-state index is 13.2. The van der Waals surface area contributed by atoms with Crippen molar-refractivity contribution in [3.05, 3.63) is 53.6 Å². The normalized spacial score (nSPS) is 17.3. The molecule has 1 aliphatic heterocycles. The van der Waals surface area contributed by atoms with Crippen LogP contribution in [-0.2, 0) is 18.3 Å². The molecule has 2 aromatic rings. The molecule has 0 radical (unpaired) electrons. The van der Waals surface area contributed by atoms with Gasteiger partial charge >= 0.3 is 0 Å². The Bertz CT molecular complexity index is 819. The lowest BCUT2D eigenvalue weighted by atomic mass is 9.93. The van der Waals surface area contributed by atoms with E-state index in [2.05, 4.69) is 4.98 Å². The minimum atomic E-state index is -0.909. The van der Waals surface area contributed by atoms with Crippen molar-refractivity contribution in [2.24, 2.45) is 13.0 Å². The molecule has 1 saturated heterocycles. The Morgan fingerprint density at radius 1 is 1.27 bits per heavy atom. The zero-order chi connectivity index (χ0) is 18.7. The van der Waals surface area contributed by atoms with Gasteiger partial charge in [0, 0.05) is 44.9 Å². The average Bonchev–Trinajstić information content (AvgIpc) is 3.08. The first-order chi connectivity index (χ1) is 12.5. The van der Waals surface area contributed by atoms with Crippen molar-refractivity contribution in [1.82, 2.24) is 14.5 Å². The molecule has 0 N–H and O–H groups in total. The molecular weight excluding hydrogens is 340 g/mol. The Morgan fingerprint density at radius 2 is 2.08 bits per heavy atom. The van der Waals surface area contributed by atoms with Crippen LogP contribution in [0.1, 0.15) is 35.4 Å². The Balaban J connectivity index is 1.58. The first kappa shape index (κ1) is 18.2. The van der Waals surface area contributed by atoms with E-state index in [1.807, 2.05) is 0 Å². The third-order valence-corrected chi connectivity index (χ3v) is 4.80. The summed E-state index contributed by atoms with van der Waals surface area (Å²) in [6.45, 7) is 0.989. The number of hydrogen-bond donors (Lipinski definition) is 0. The molecule has 1 atom stereocenters. The van der Waals surface area contributed by atoms with Crippen LogP contribution in [0.3, 0.4) is 0 Å². The fourth-order valence-corrected chi connectivity index (χ4v) is 3.31. The van der Waals surface area contributed by atoms with Crippen LogP contribution in [0.25, 0.3) is 0 Å². The number of amides is 1.